The largest absolute Gasteiger partial charge is 0.465 e. The summed E-state index contributed by atoms with van der Waals surface area (Å²) in [7, 11) is 1.40. The van der Waals surface area contributed by atoms with E-state index < -0.39 is 0 Å². The lowest BCUT2D eigenvalue weighted by molar-refractivity contribution is 0.0600. The van der Waals surface area contributed by atoms with Crippen molar-refractivity contribution in [3.8, 4) is 22.5 Å². The van der Waals surface area contributed by atoms with Crippen LogP contribution in [-0.4, -0.2) is 51.2 Å². The van der Waals surface area contributed by atoms with Crippen molar-refractivity contribution in [1.29, 1.82) is 0 Å². The number of hydrogen-bond donors (Lipinski definition) is 1. The first-order valence-corrected chi connectivity index (χ1v) is 12.5. The minimum Gasteiger partial charge on any atom is -0.465 e. The highest BCUT2D eigenvalue weighted by atomic mass is 35.5. The molecule has 1 aliphatic heterocycles. The number of likely N-dealkylation sites (tertiary alicyclic amines) is 1. The molecule has 1 saturated heterocycles. The molecular formula is C28H28ClN5O2. The number of nitrogens with zero attached hydrogens (tertiary/aromatic N) is 4. The molecule has 0 radical (unpaired) electrons. The Morgan fingerprint density at radius 2 is 1.81 bits per heavy atom. The Bertz CT molecular complexity index is 1310. The third-order valence-corrected chi connectivity index (χ3v) is 7.30. The van der Waals surface area contributed by atoms with Crippen LogP contribution in [0.2, 0.25) is 5.02 Å². The monoisotopic (exact) mass is 501 g/mol. The lowest BCUT2D eigenvalue weighted by Gasteiger charge is -2.36. The first kappa shape index (κ1) is 24.2. The van der Waals surface area contributed by atoms with Gasteiger partial charge < -0.3 is 4.74 Å². The zero-order valence-electron chi connectivity index (χ0n) is 20.3. The minimum absolute atomic E-state index is 0.255. The molecule has 8 heteroatoms. The van der Waals surface area contributed by atoms with Crippen LogP contribution in [-0.2, 0) is 4.74 Å². The summed E-state index contributed by atoms with van der Waals surface area (Å²) < 4.78 is 4.81. The van der Waals surface area contributed by atoms with E-state index in [9.17, 15) is 4.79 Å². The van der Waals surface area contributed by atoms with E-state index in [4.69, 9.17) is 21.4 Å². The van der Waals surface area contributed by atoms with Gasteiger partial charge in [0.1, 0.15) is 12.0 Å². The van der Waals surface area contributed by atoms with E-state index in [2.05, 4.69) is 26.9 Å². The van der Waals surface area contributed by atoms with E-state index >= 15 is 0 Å². The topological polar surface area (TPSA) is 84.0 Å². The molecule has 2 aromatic carbocycles. The van der Waals surface area contributed by atoms with Crippen molar-refractivity contribution < 1.29 is 9.53 Å². The average Bonchev–Trinajstić information content (AvgIpc) is 3.38. The summed E-state index contributed by atoms with van der Waals surface area (Å²) in [6.45, 7) is 4.14. The van der Waals surface area contributed by atoms with Crippen molar-refractivity contribution in [2.75, 3.05) is 20.2 Å². The molecule has 1 unspecified atom stereocenters. The molecule has 1 atom stereocenters. The van der Waals surface area contributed by atoms with Crippen molar-refractivity contribution in [3.05, 3.63) is 89.0 Å². The van der Waals surface area contributed by atoms with Crippen molar-refractivity contribution >= 4 is 17.6 Å². The van der Waals surface area contributed by atoms with Crippen molar-refractivity contribution in [2.24, 2.45) is 0 Å². The normalized spacial score (nSPS) is 15.5. The molecule has 0 spiro atoms. The predicted octanol–water partition coefficient (Wildman–Crippen LogP) is 5.91. The van der Waals surface area contributed by atoms with Crippen LogP contribution in [0.15, 0.2) is 67.1 Å². The van der Waals surface area contributed by atoms with E-state index in [0.29, 0.717) is 16.5 Å². The van der Waals surface area contributed by atoms with Gasteiger partial charge in [-0.2, -0.15) is 5.10 Å². The fourth-order valence-corrected chi connectivity index (χ4v) is 5.09. The van der Waals surface area contributed by atoms with Gasteiger partial charge in [0.05, 0.1) is 18.4 Å². The van der Waals surface area contributed by atoms with Gasteiger partial charge in [-0.25, -0.2) is 14.8 Å². The Labute approximate surface area is 215 Å². The summed E-state index contributed by atoms with van der Waals surface area (Å²) in [5, 5.41) is 8.76. The standard InChI is InChI=1S/C28H28ClN5O2/c1-18(19-3-5-22(6-4-19)28(35)36-2)34-15-12-21(13-16-34)27-25(24-11-14-30-17-31-24)26(32-33-27)20-7-9-23(29)10-8-20/h3-11,14,17-18,21H,12-13,15-16H2,1-2H3,(H,32,33). The number of hydrogen-bond acceptors (Lipinski definition) is 6. The zero-order valence-corrected chi connectivity index (χ0v) is 21.1. The summed E-state index contributed by atoms with van der Waals surface area (Å²) in [5.74, 6) is 0.0284. The summed E-state index contributed by atoms with van der Waals surface area (Å²) in [5.41, 5.74) is 6.64. The molecule has 36 heavy (non-hydrogen) atoms. The SMILES string of the molecule is COC(=O)c1ccc(C(C)N2CCC(c3[nH]nc(-c4ccc(Cl)cc4)c3-c3ccncn3)CC2)cc1. The maximum absolute atomic E-state index is 11.7. The Kier molecular flexibility index (Phi) is 7.11. The molecule has 4 aromatic rings. The van der Waals surface area contributed by atoms with E-state index in [0.717, 1.165) is 54.1 Å². The van der Waals surface area contributed by atoms with E-state index in [-0.39, 0.29) is 12.0 Å². The molecule has 0 bridgehead atoms. The molecule has 0 aliphatic carbocycles. The molecule has 1 aliphatic rings. The molecule has 184 valence electrons. The number of nitrogens with one attached hydrogen (secondary N) is 1. The van der Waals surface area contributed by atoms with Crippen LogP contribution < -0.4 is 0 Å². The number of piperidine rings is 1. The summed E-state index contributed by atoms with van der Waals surface area (Å²) in [6, 6.07) is 17.6. The third-order valence-electron chi connectivity index (χ3n) is 7.05. The Morgan fingerprint density at radius 1 is 1.08 bits per heavy atom. The van der Waals surface area contributed by atoms with Gasteiger partial charge in [0, 0.05) is 40.0 Å². The Morgan fingerprint density at radius 3 is 2.44 bits per heavy atom. The van der Waals surface area contributed by atoms with Crippen LogP contribution in [0.1, 0.15) is 53.3 Å². The summed E-state index contributed by atoms with van der Waals surface area (Å²) in [6.07, 6.45) is 5.35. The second-order valence-corrected chi connectivity index (χ2v) is 9.50. The number of methoxy groups -OCH3 is 1. The molecule has 7 nitrogen and oxygen atoms in total. The van der Waals surface area contributed by atoms with Gasteiger partial charge in [0.2, 0.25) is 0 Å². The fraction of sp³-hybridized carbons (Fsp3) is 0.286. The Hall–Kier alpha value is -3.55. The van der Waals surface area contributed by atoms with Crippen LogP contribution >= 0.6 is 11.6 Å². The molecule has 2 aromatic heterocycles. The van der Waals surface area contributed by atoms with Gasteiger partial charge in [-0.1, -0.05) is 35.9 Å². The molecule has 0 saturated carbocycles. The first-order valence-electron chi connectivity index (χ1n) is 12.1. The van der Waals surface area contributed by atoms with Gasteiger partial charge in [0.15, 0.2) is 0 Å². The smallest absolute Gasteiger partial charge is 0.337 e. The number of carbonyl (C=O) groups excluding carboxylic acids is 1. The van der Waals surface area contributed by atoms with Crippen molar-refractivity contribution in [1.82, 2.24) is 25.1 Å². The van der Waals surface area contributed by atoms with Gasteiger partial charge in [-0.3, -0.25) is 10.00 Å². The summed E-state index contributed by atoms with van der Waals surface area (Å²) in [4.78, 5) is 22.9. The van der Waals surface area contributed by atoms with E-state index in [1.54, 1.807) is 12.5 Å². The average molecular weight is 502 g/mol. The molecule has 1 fully saturated rings. The molecule has 0 amide bonds. The van der Waals surface area contributed by atoms with E-state index in [1.807, 2.05) is 54.6 Å². The van der Waals surface area contributed by atoms with Crippen LogP contribution in [0.25, 0.3) is 22.5 Å². The second-order valence-electron chi connectivity index (χ2n) is 9.06. The lowest BCUT2D eigenvalue weighted by atomic mass is 9.88. The number of benzene rings is 2. The number of esters is 1. The van der Waals surface area contributed by atoms with Gasteiger partial charge >= 0.3 is 5.97 Å². The number of aromatic amines is 1. The molecule has 3 heterocycles. The van der Waals surface area contributed by atoms with Gasteiger partial charge in [-0.05, 0) is 68.8 Å². The lowest BCUT2D eigenvalue weighted by Crippen LogP contribution is -2.35. The third kappa shape index (κ3) is 4.90. The fourth-order valence-electron chi connectivity index (χ4n) is 4.97. The summed E-state index contributed by atoms with van der Waals surface area (Å²) >= 11 is 6.12. The number of rotatable bonds is 6. The van der Waals surface area contributed by atoms with Crippen LogP contribution in [0.4, 0.5) is 0 Å². The number of halogens is 1. The van der Waals surface area contributed by atoms with Gasteiger partial charge in [-0.15, -0.1) is 0 Å². The number of ether oxygens (including phenoxy) is 1. The predicted molar refractivity (Wildman–Crippen MR) is 140 cm³/mol. The molecule has 1 N–H and O–H groups in total. The number of H-pyrrole nitrogens is 1. The van der Waals surface area contributed by atoms with Crippen LogP contribution in [0.5, 0.6) is 0 Å². The highest BCUT2D eigenvalue weighted by Gasteiger charge is 2.29. The molecule has 5 rings (SSSR count). The molecular weight excluding hydrogens is 474 g/mol. The highest BCUT2D eigenvalue weighted by molar-refractivity contribution is 6.30. The van der Waals surface area contributed by atoms with Gasteiger partial charge in [0.25, 0.3) is 0 Å². The quantitative estimate of drug-likeness (QED) is 0.330. The first-order chi connectivity index (χ1) is 17.5. The van der Waals surface area contributed by atoms with Crippen molar-refractivity contribution in [3.63, 3.8) is 0 Å². The maximum Gasteiger partial charge on any atom is 0.337 e. The maximum atomic E-state index is 11.7. The number of carbonyl (C=O) groups is 1. The second kappa shape index (κ2) is 10.6. The zero-order chi connectivity index (χ0) is 25.1. The highest BCUT2D eigenvalue weighted by Crippen LogP contribution is 2.40. The van der Waals surface area contributed by atoms with Crippen LogP contribution in [0.3, 0.4) is 0 Å². The van der Waals surface area contributed by atoms with Crippen molar-refractivity contribution in [2.45, 2.75) is 31.7 Å². The van der Waals surface area contributed by atoms with Crippen LogP contribution in [0, 0.1) is 0 Å². The number of aromatic nitrogens is 4. The van der Waals surface area contributed by atoms with E-state index in [1.165, 1.54) is 12.7 Å². The Balaban J connectivity index is 1.36. The minimum atomic E-state index is -0.313.